The van der Waals surface area contributed by atoms with Crippen LogP contribution < -0.4 is 5.73 Å². The lowest BCUT2D eigenvalue weighted by atomic mass is 10.0. The topological polar surface area (TPSA) is 55.6 Å². The highest BCUT2D eigenvalue weighted by atomic mass is 16.5. The van der Waals surface area contributed by atoms with Crippen LogP contribution >= 0.6 is 0 Å². The Kier molecular flexibility index (Phi) is 3.73. The maximum atomic E-state index is 12.0. The summed E-state index contributed by atoms with van der Waals surface area (Å²) >= 11 is 0. The number of carbonyl (C=O) groups excluding carboxylic acids is 1. The molecule has 0 aromatic heterocycles. The highest BCUT2D eigenvalue weighted by molar-refractivity contribution is 5.82. The molecule has 0 aromatic carbocycles. The van der Waals surface area contributed by atoms with Crippen LogP contribution in [-0.2, 0) is 9.53 Å². The van der Waals surface area contributed by atoms with Gasteiger partial charge in [0.25, 0.3) is 0 Å². The molecule has 1 saturated heterocycles. The average molecular weight is 214 g/mol. The van der Waals surface area contributed by atoms with E-state index >= 15 is 0 Å². The molecule has 0 bridgehead atoms. The summed E-state index contributed by atoms with van der Waals surface area (Å²) in [5.74, 6) is 0.227. The summed E-state index contributed by atoms with van der Waals surface area (Å²) in [4.78, 5) is 13.8. The smallest absolute Gasteiger partial charge is 0.239 e. The van der Waals surface area contributed by atoms with E-state index in [9.17, 15) is 4.79 Å². The van der Waals surface area contributed by atoms with E-state index < -0.39 is 0 Å². The summed E-state index contributed by atoms with van der Waals surface area (Å²) < 4.78 is 5.55. The Morgan fingerprint density at radius 3 is 2.53 bits per heavy atom. The van der Waals surface area contributed by atoms with E-state index in [1.165, 1.54) is 0 Å². The number of nitrogens with two attached hydrogens (primary N) is 1. The molecule has 0 unspecified atom stereocenters. The lowest BCUT2D eigenvalue weighted by Gasteiger charge is -2.39. The second kappa shape index (κ2) is 4.49. The van der Waals surface area contributed by atoms with Crippen LogP contribution in [0.2, 0.25) is 0 Å². The van der Waals surface area contributed by atoms with Crippen molar-refractivity contribution < 1.29 is 9.53 Å². The van der Waals surface area contributed by atoms with Gasteiger partial charge in [-0.25, -0.2) is 0 Å². The molecular weight excluding hydrogens is 192 g/mol. The number of morpholine rings is 1. The van der Waals surface area contributed by atoms with Crippen LogP contribution in [0, 0.1) is 5.92 Å². The maximum absolute atomic E-state index is 12.0. The van der Waals surface area contributed by atoms with Gasteiger partial charge in [-0.2, -0.15) is 0 Å². The van der Waals surface area contributed by atoms with Crippen LogP contribution in [0.4, 0.5) is 0 Å². The van der Waals surface area contributed by atoms with Crippen molar-refractivity contribution in [2.45, 2.75) is 39.3 Å². The highest BCUT2D eigenvalue weighted by Gasteiger charge is 2.32. The summed E-state index contributed by atoms with van der Waals surface area (Å²) in [5, 5.41) is 0. The molecule has 1 rings (SSSR count). The molecule has 0 aromatic rings. The van der Waals surface area contributed by atoms with E-state index in [0.29, 0.717) is 19.7 Å². The summed E-state index contributed by atoms with van der Waals surface area (Å²) in [6.07, 6.45) is 0. The van der Waals surface area contributed by atoms with Crippen molar-refractivity contribution in [1.82, 2.24) is 4.90 Å². The molecular formula is C11H22N2O2. The largest absolute Gasteiger partial charge is 0.372 e. The standard InChI is InChI=1S/C11H22N2O2/c1-8(2)9(12)10(14)13-5-6-15-11(3,4)7-13/h8-9H,5-7,12H2,1-4H3/t9-/m0/s1. The van der Waals surface area contributed by atoms with Gasteiger partial charge in [0.05, 0.1) is 18.2 Å². The Labute approximate surface area is 91.8 Å². The highest BCUT2D eigenvalue weighted by Crippen LogP contribution is 2.17. The quantitative estimate of drug-likeness (QED) is 0.732. The first kappa shape index (κ1) is 12.5. The van der Waals surface area contributed by atoms with Crippen molar-refractivity contribution in [2.24, 2.45) is 11.7 Å². The minimum atomic E-state index is -0.390. The fourth-order valence-electron chi connectivity index (χ4n) is 1.70. The van der Waals surface area contributed by atoms with Gasteiger partial charge in [0.1, 0.15) is 0 Å². The van der Waals surface area contributed by atoms with E-state index in [2.05, 4.69) is 0 Å². The molecule has 0 spiro atoms. The van der Waals surface area contributed by atoms with Gasteiger partial charge in [-0.05, 0) is 19.8 Å². The lowest BCUT2D eigenvalue weighted by molar-refractivity contribution is -0.148. The Morgan fingerprint density at radius 2 is 2.07 bits per heavy atom. The molecule has 1 heterocycles. The lowest BCUT2D eigenvalue weighted by Crippen LogP contribution is -2.55. The minimum absolute atomic E-state index is 0.0429. The van der Waals surface area contributed by atoms with E-state index in [1.807, 2.05) is 32.6 Å². The zero-order valence-electron chi connectivity index (χ0n) is 10.1. The molecule has 0 aliphatic carbocycles. The van der Waals surface area contributed by atoms with Crippen LogP contribution in [0.15, 0.2) is 0 Å². The zero-order valence-corrected chi connectivity index (χ0v) is 10.1. The van der Waals surface area contributed by atoms with Crippen molar-refractivity contribution in [2.75, 3.05) is 19.7 Å². The summed E-state index contributed by atoms with van der Waals surface area (Å²) in [6, 6.07) is -0.390. The van der Waals surface area contributed by atoms with E-state index in [4.69, 9.17) is 10.5 Å². The Balaban J connectivity index is 2.60. The molecule has 1 aliphatic heterocycles. The SMILES string of the molecule is CC(C)[C@H](N)C(=O)N1CCOC(C)(C)C1. The van der Waals surface area contributed by atoms with Crippen LogP contribution in [0.1, 0.15) is 27.7 Å². The molecule has 15 heavy (non-hydrogen) atoms. The monoisotopic (exact) mass is 214 g/mol. The van der Waals surface area contributed by atoms with E-state index in [-0.39, 0.29) is 23.5 Å². The second-order valence-corrected chi connectivity index (χ2v) is 5.14. The first-order valence-electron chi connectivity index (χ1n) is 5.52. The van der Waals surface area contributed by atoms with Gasteiger partial charge in [-0.1, -0.05) is 13.8 Å². The van der Waals surface area contributed by atoms with Gasteiger partial charge in [0.15, 0.2) is 0 Å². The fraction of sp³-hybridized carbons (Fsp3) is 0.909. The molecule has 2 N–H and O–H groups in total. The number of hydrogen-bond donors (Lipinski definition) is 1. The average Bonchev–Trinajstić information content (AvgIpc) is 2.13. The number of hydrogen-bond acceptors (Lipinski definition) is 3. The maximum Gasteiger partial charge on any atom is 0.239 e. The van der Waals surface area contributed by atoms with Crippen molar-refractivity contribution >= 4 is 5.91 Å². The molecule has 1 amide bonds. The third kappa shape index (κ3) is 3.18. The number of amides is 1. The van der Waals surface area contributed by atoms with Gasteiger partial charge in [0, 0.05) is 13.1 Å². The number of nitrogens with zero attached hydrogens (tertiary/aromatic N) is 1. The van der Waals surface area contributed by atoms with Crippen LogP contribution in [-0.4, -0.2) is 42.1 Å². The van der Waals surface area contributed by atoms with Crippen molar-refractivity contribution in [1.29, 1.82) is 0 Å². The second-order valence-electron chi connectivity index (χ2n) is 5.14. The number of rotatable bonds is 2. The van der Waals surface area contributed by atoms with Crippen molar-refractivity contribution in [3.05, 3.63) is 0 Å². The van der Waals surface area contributed by atoms with Crippen LogP contribution in [0.3, 0.4) is 0 Å². The molecule has 1 atom stereocenters. The zero-order chi connectivity index (χ0) is 11.6. The van der Waals surface area contributed by atoms with Crippen molar-refractivity contribution in [3.8, 4) is 0 Å². The normalized spacial score (nSPS) is 22.9. The Hall–Kier alpha value is -0.610. The van der Waals surface area contributed by atoms with Gasteiger partial charge < -0.3 is 15.4 Å². The summed E-state index contributed by atoms with van der Waals surface area (Å²) in [6.45, 7) is 9.81. The van der Waals surface area contributed by atoms with Gasteiger partial charge in [-0.15, -0.1) is 0 Å². The predicted molar refractivity (Wildman–Crippen MR) is 59.4 cm³/mol. The summed E-state index contributed by atoms with van der Waals surface area (Å²) in [7, 11) is 0. The molecule has 1 aliphatic rings. The summed E-state index contributed by atoms with van der Waals surface area (Å²) in [5.41, 5.74) is 5.60. The minimum Gasteiger partial charge on any atom is -0.372 e. The number of carbonyl (C=O) groups is 1. The molecule has 0 radical (unpaired) electrons. The molecule has 4 nitrogen and oxygen atoms in total. The third-order valence-electron chi connectivity index (χ3n) is 2.74. The molecule has 0 saturated carbocycles. The van der Waals surface area contributed by atoms with Gasteiger partial charge >= 0.3 is 0 Å². The fourth-order valence-corrected chi connectivity index (χ4v) is 1.70. The van der Waals surface area contributed by atoms with Gasteiger partial charge in [0.2, 0.25) is 5.91 Å². The van der Waals surface area contributed by atoms with Crippen LogP contribution in [0.25, 0.3) is 0 Å². The third-order valence-corrected chi connectivity index (χ3v) is 2.74. The molecule has 1 fully saturated rings. The first-order chi connectivity index (χ1) is 6.83. The van der Waals surface area contributed by atoms with Gasteiger partial charge in [-0.3, -0.25) is 4.79 Å². The molecule has 88 valence electrons. The van der Waals surface area contributed by atoms with E-state index in [1.54, 1.807) is 0 Å². The first-order valence-corrected chi connectivity index (χ1v) is 5.52. The van der Waals surface area contributed by atoms with Crippen molar-refractivity contribution in [3.63, 3.8) is 0 Å². The van der Waals surface area contributed by atoms with Crippen LogP contribution in [0.5, 0.6) is 0 Å². The number of ether oxygens (including phenoxy) is 1. The Bertz CT molecular complexity index is 239. The predicted octanol–water partition coefficient (Wildman–Crippen LogP) is 0.607. The Morgan fingerprint density at radius 1 is 1.47 bits per heavy atom. The van der Waals surface area contributed by atoms with E-state index in [0.717, 1.165) is 0 Å². The molecule has 4 heteroatoms.